The number of unbranched alkanes of at least 4 members (excludes halogenated alkanes) is 19. The Morgan fingerprint density at radius 1 is 0.367 bits per heavy atom. The summed E-state index contributed by atoms with van der Waals surface area (Å²) in [5, 5.41) is 0. The molecule has 0 radical (unpaired) electrons. The summed E-state index contributed by atoms with van der Waals surface area (Å²) in [6.45, 7) is 6.25. The monoisotopic (exact) mass is 833 g/mol. The predicted molar refractivity (Wildman–Crippen MR) is 256 cm³/mol. The average Bonchev–Trinajstić information content (AvgIpc) is 3.24. The molecule has 0 aliphatic heterocycles. The van der Waals surface area contributed by atoms with Crippen molar-refractivity contribution in [1.29, 1.82) is 0 Å². The van der Waals surface area contributed by atoms with Gasteiger partial charge in [0, 0.05) is 19.3 Å². The number of allylic oxidation sites excluding steroid dienone is 16. The van der Waals surface area contributed by atoms with Crippen LogP contribution in [0.15, 0.2) is 97.2 Å². The first kappa shape index (κ1) is 56.3. The lowest BCUT2D eigenvalue weighted by atomic mass is 10.0. The fourth-order valence-electron chi connectivity index (χ4n) is 6.38. The van der Waals surface area contributed by atoms with Gasteiger partial charge in [0.05, 0.1) is 0 Å². The van der Waals surface area contributed by atoms with Gasteiger partial charge in [0.2, 0.25) is 0 Å². The normalized spacial score (nSPS) is 12.9. The van der Waals surface area contributed by atoms with E-state index in [2.05, 4.69) is 63.3 Å². The van der Waals surface area contributed by atoms with Gasteiger partial charge >= 0.3 is 17.9 Å². The minimum atomic E-state index is -0.832. The van der Waals surface area contributed by atoms with Gasteiger partial charge in [-0.2, -0.15) is 0 Å². The van der Waals surface area contributed by atoms with Crippen molar-refractivity contribution in [2.75, 3.05) is 13.2 Å². The van der Waals surface area contributed by atoms with Crippen LogP contribution >= 0.6 is 0 Å². The Balaban J connectivity index is 4.46. The quantitative estimate of drug-likeness (QED) is 0.0200. The van der Waals surface area contributed by atoms with Gasteiger partial charge in [-0.05, 0) is 57.8 Å². The molecule has 0 aromatic rings. The predicted octanol–water partition coefficient (Wildman–Crippen LogP) is 15.8. The average molecular weight is 833 g/mol. The van der Waals surface area contributed by atoms with Gasteiger partial charge < -0.3 is 14.2 Å². The van der Waals surface area contributed by atoms with Crippen molar-refractivity contribution in [2.45, 2.75) is 213 Å². The molecule has 0 aromatic carbocycles. The third-order valence-corrected chi connectivity index (χ3v) is 9.96. The summed E-state index contributed by atoms with van der Waals surface area (Å²) in [6.07, 6.45) is 62.7. The molecule has 6 nitrogen and oxygen atoms in total. The van der Waals surface area contributed by atoms with Crippen LogP contribution in [0.3, 0.4) is 0 Å². The van der Waals surface area contributed by atoms with Crippen molar-refractivity contribution in [1.82, 2.24) is 0 Å². The van der Waals surface area contributed by atoms with Crippen LogP contribution in [0.2, 0.25) is 0 Å². The lowest BCUT2D eigenvalue weighted by Crippen LogP contribution is -2.30. The van der Waals surface area contributed by atoms with E-state index in [1.165, 1.54) is 96.3 Å². The van der Waals surface area contributed by atoms with E-state index < -0.39 is 12.1 Å². The summed E-state index contributed by atoms with van der Waals surface area (Å²) < 4.78 is 16.6. The topological polar surface area (TPSA) is 78.9 Å². The Kier molecular flexibility index (Phi) is 45.1. The molecule has 0 bridgehead atoms. The second-order valence-corrected chi connectivity index (χ2v) is 15.7. The number of hydrogen-bond donors (Lipinski definition) is 0. The maximum absolute atomic E-state index is 12.7. The maximum Gasteiger partial charge on any atom is 0.306 e. The zero-order chi connectivity index (χ0) is 43.7. The van der Waals surface area contributed by atoms with E-state index in [9.17, 15) is 14.4 Å². The minimum Gasteiger partial charge on any atom is -0.462 e. The highest BCUT2D eigenvalue weighted by Crippen LogP contribution is 2.15. The summed E-state index contributed by atoms with van der Waals surface area (Å²) in [4.78, 5) is 37.8. The van der Waals surface area contributed by atoms with Gasteiger partial charge in [-0.25, -0.2) is 0 Å². The lowest BCUT2D eigenvalue weighted by Gasteiger charge is -2.18. The van der Waals surface area contributed by atoms with Gasteiger partial charge in [-0.15, -0.1) is 0 Å². The fourth-order valence-corrected chi connectivity index (χ4v) is 6.38. The first-order valence-electron chi connectivity index (χ1n) is 24.3. The van der Waals surface area contributed by atoms with Crippen LogP contribution in [-0.4, -0.2) is 37.2 Å². The molecule has 0 aromatic heterocycles. The Morgan fingerprint density at radius 3 is 1.22 bits per heavy atom. The molecule has 1 atom stereocenters. The Hall–Kier alpha value is -3.67. The number of ether oxygens (including phenoxy) is 3. The zero-order valence-corrected chi connectivity index (χ0v) is 38.7. The number of rotatable bonds is 42. The molecule has 0 aliphatic carbocycles. The maximum atomic E-state index is 12.7. The molecule has 60 heavy (non-hydrogen) atoms. The van der Waals surface area contributed by atoms with Crippen molar-refractivity contribution in [2.24, 2.45) is 0 Å². The van der Waals surface area contributed by atoms with Crippen molar-refractivity contribution in [3.63, 3.8) is 0 Å². The van der Waals surface area contributed by atoms with E-state index >= 15 is 0 Å². The van der Waals surface area contributed by atoms with Crippen LogP contribution in [0.1, 0.15) is 207 Å². The smallest absolute Gasteiger partial charge is 0.306 e. The van der Waals surface area contributed by atoms with E-state index in [1.54, 1.807) is 0 Å². The Labute approximate surface area is 368 Å². The first-order valence-corrected chi connectivity index (χ1v) is 24.3. The van der Waals surface area contributed by atoms with Crippen LogP contribution in [0.5, 0.6) is 0 Å². The van der Waals surface area contributed by atoms with Crippen molar-refractivity contribution in [3.8, 4) is 0 Å². The second-order valence-electron chi connectivity index (χ2n) is 15.7. The molecule has 0 aliphatic rings. The summed E-state index contributed by atoms with van der Waals surface area (Å²) in [7, 11) is 0. The van der Waals surface area contributed by atoms with Gasteiger partial charge in [0.1, 0.15) is 13.2 Å². The van der Waals surface area contributed by atoms with E-state index in [0.717, 1.165) is 57.8 Å². The summed E-state index contributed by atoms with van der Waals surface area (Å²) in [6, 6.07) is 0. The molecule has 340 valence electrons. The molecule has 1 unspecified atom stereocenters. The molecule has 6 heteroatoms. The number of carbonyl (C=O) groups is 3. The molecule has 0 N–H and O–H groups in total. The molecule has 0 rings (SSSR count). The third kappa shape index (κ3) is 45.4. The van der Waals surface area contributed by atoms with Crippen LogP contribution in [-0.2, 0) is 28.6 Å². The molecular formula is C54H88O6. The van der Waals surface area contributed by atoms with E-state index in [4.69, 9.17) is 14.2 Å². The highest BCUT2D eigenvalue weighted by molar-refractivity contribution is 5.71. The van der Waals surface area contributed by atoms with Crippen molar-refractivity contribution in [3.05, 3.63) is 97.2 Å². The van der Waals surface area contributed by atoms with Gasteiger partial charge in [-0.1, -0.05) is 227 Å². The minimum absolute atomic E-state index is 0.121. The highest BCUT2D eigenvalue weighted by Gasteiger charge is 2.19. The van der Waals surface area contributed by atoms with Crippen LogP contribution in [0.4, 0.5) is 0 Å². The van der Waals surface area contributed by atoms with Crippen molar-refractivity contribution >= 4 is 17.9 Å². The molecule has 0 saturated heterocycles. The number of esters is 3. The van der Waals surface area contributed by atoms with Crippen LogP contribution in [0.25, 0.3) is 0 Å². The van der Waals surface area contributed by atoms with E-state index in [1.807, 2.05) is 54.7 Å². The first-order chi connectivity index (χ1) is 29.5. The van der Waals surface area contributed by atoms with E-state index in [0.29, 0.717) is 19.3 Å². The molecular weight excluding hydrogens is 745 g/mol. The Bertz CT molecular complexity index is 1230. The molecule has 0 saturated carbocycles. The summed E-state index contributed by atoms with van der Waals surface area (Å²) in [5.74, 6) is -1.06. The van der Waals surface area contributed by atoms with Crippen LogP contribution < -0.4 is 0 Å². The van der Waals surface area contributed by atoms with Gasteiger partial charge in [0.15, 0.2) is 6.10 Å². The zero-order valence-electron chi connectivity index (χ0n) is 38.7. The summed E-state index contributed by atoms with van der Waals surface area (Å²) >= 11 is 0. The van der Waals surface area contributed by atoms with E-state index in [-0.39, 0.29) is 38.0 Å². The lowest BCUT2D eigenvalue weighted by molar-refractivity contribution is -0.167. The fraction of sp³-hybridized carbons (Fsp3) is 0.648. The molecule has 0 spiro atoms. The third-order valence-electron chi connectivity index (χ3n) is 9.96. The highest BCUT2D eigenvalue weighted by atomic mass is 16.6. The SMILES string of the molecule is CC\C=C/C=C\C=C/C=C\C=C/CCCC(=O)OC(COC(=O)CCC/C=C\C/C=C\C/C=C\CC)COC(=O)CCCCCCCCCCCCCCCCCCCC. The largest absolute Gasteiger partial charge is 0.462 e. The number of carbonyl (C=O) groups excluding carboxylic acids is 3. The van der Waals surface area contributed by atoms with Crippen molar-refractivity contribution < 1.29 is 28.6 Å². The molecule has 0 heterocycles. The van der Waals surface area contributed by atoms with Gasteiger partial charge in [-0.3, -0.25) is 14.4 Å². The summed E-state index contributed by atoms with van der Waals surface area (Å²) in [5.41, 5.74) is 0. The second kappa shape index (κ2) is 48.0. The molecule has 0 amide bonds. The van der Waals surface area contributed by atoms with Gasteiger partial charge in [0.25, 0.3) is 0 Å². The number of hydrogen-bond acceptors (Lipinski definition) is 6. The molecule has 0 fully saturated rings. The Morgan fingerprint density at radius 2 is 0.733 bits per heavy atom. The standard InChI is InChI=1S/C54H88O6/c1-4-7-10-13-16-19-22-24-25-26-27-28-30-32-35-38-41-44-47-53(56)59-50-51(49-58-52(55)46-43-40-37-34-31-21-18-15-12-9-6-3)60-54(57)48-45-42-39-36-33-29-23-20-17-14-11-8-5-2/h8-9,11-12,14,17-18,20-21,23,29,33-34,36-37,39,51H,4-7,10,13,15-16,19,22,24-28,30-32,35,38,40-50H2,1-3H3/b11-8-,12-9-,17-14-,21-18-,23-20-,33-29-,37-34-,39-36-. The van der Waals surface area contributed by atoms with Crippen LogP contribution in [0, 0.1) is 0 Å².